The highest BCUT2D eigenvalue weighted by atomic mass is 35.5. The van der Waals surface area contributed by atoms with Gasteiger partial charge in [-0.05, 0) is 23.3 Å². The van der Waals surface area contributed by atoms with Gasteiger partial charge in [0.2, 0.25) is 0 Å². The molecule has 0 amide bonds. The molecule has 0 saturated carbocycles. The minimum absolute atomic E-state index is 0.110. The third-order valence-corrected chi connectivity index (χ3v) is 5.23. The van der Waals surface area contributed by atoms with Crippen LogP contribution >= 0.6 is 11.6 Å². The zero-order valence-corrected chi connectivity index (χ0v) is 15.4. The van der Waals surface area contributed by atoms with Crippen molar-refractivity contribution in [2.75, 3.05) is 6.61 Å². The lowest BCUT2D eigenvalue weighted by Gasteiger charge is -2.10. The molecule has 0 bridgehead atoms. The highest BCUT2D eigenvalue weighted by Crippen LogP contribution is 2.43. The second kappa shape index (κ2) is 6.99. The van der Waals surface area contributed by atoms with E-state index in [-0.39, 0.29) is 6.61 Å². The van der Waals surface area contributed by atoms with Crippen LogP contribution in [0.5, 0.6) is 0 Å². The summed E-state index contributed by atoms with van der Waals surface area (Å²) in [5, 5.41) is 11.5. The average Bonchev–Trinajstić information content (AvgIpc) is 2.95. The first-order chi connectivity index (χ1) is 12.7. The molecule has 0 fully saturated rings. The van der Waals surface area contributed by atoms with Crippen molar-refractivity contribution in [3.63, 3.8) is 0 Å². The molecule has 0 aliphatic heterocycles. The van der Waals surface area contributed by atoms with E-state index in [1.54, 1.807) is 0 Å². The second-order valence-electron chi connectivity index (χ2n) is 6.40. The number of hydrogen-bond acceptors (Lipinski definition) is 1. The molecule has 0 atom stereocenters. The number of aliphatic hydroxyl groups is 1. The quantitative estimate of drug-likeness (QED) is 0.495. The SMILES string of the molecule is Cn1c(CCO)c(-c2ccccc2)c2c(-c3ccccc3)c(Cl)ccc21. The van der Waals surface area contributed by atoms with Crippen molar-refractivity contribution < 1.29 is 5.11 Å². The molecule has 0 aliphatic rings. The molecule has 2 nitrogen and oxygen atoms in total. The molecule has 26 heavy (non-hydrogen) atoms. The maximum absolute atomic E-state index is 9.64. The number of benzene rings is 3. The number of halogens is 1. The summed E-state index contributed by atoms with van der Waals surface area (Å²) in [4.78, 5) is 0. The van der Waals surface area contributed by atoms with Crippen molar-refractivity contribution in [1.29, 1.82) is 0 Å². The highest BCUT2D eigenvalue weighted by molar-refractivity contribution is 6.35. The molecule has 130 valence electrons. The summed E-state index contributed by atoms with van der Waals surface area (Å²) in [6.45, 7) is 0.110. The van der Waals surface area contributed by atoms with E-state index in [1.807, 2.05) is 42.5 Å². The normalized spacial score (nSPS) is 11.2. The number of aryl methyl sites for hydroxylation is 1. The third kappa shape index (κ3) is 2.72. The van der Waals surface area contributed by atoms with Crippen molar-refractivity contribution in [3.05, 3.63) is 83.5 Å². The molecule has 0 radical (unpaired) electrons. The lowest BCUT2D eigenvalue weighted by molar-refractivity contribution is 0.297. The van der Waals surface area contributed by atoms with Crippen molar-refractivity contribution in [1.82, 2.24) is 4.57 Å². The van der Waals surface area contributed by atoms with E-state index in [2.05, 4.69) is 41.9 Å². The number of fused-ring (bicyclic) bond motifs is 1. The van der Waals surface area contributed by atoms with E-state index in [9.17, 15) is 5.11 Å². The van der Waals surface area contributed by atoms with E-state index in [0.717, 1.165) is 43.9 Å². The maximum Gasteiger partial charge on any atom is 0.0493 e. The van der Waals surface area contributed by atoms with Gasteiger partial charge in [-0.25, -0.2) is 0 Å². The van der Waals surface area contributed by atoms with Crippen molar-refractivity contribution in [2.45, 2.75) is 6.42 Å². The van der Waals surface area contributed by atoms with E-state index in [0.29, 0.717) is 6.42 Å². The lowest BCUT2D eigenvalue weighted by atomic mass is 9.94. The van der Waals surface area contributed by atoms with Crippen LogP contribution in [0.4, 0.5) is 0 Å². The molecule has 4 aromatic rings. The fourth-order valence-electron chi connectivity index (χ4n) is 3.76. The Bertz CT molecular complexity index is 1050. The Hall–Kier alpha value is -2.55. The molecule has 3 aromatic carbocycles. The number of hydrogen-bond donors (Lipinski definition) is 1. The smallest absolute Gasteiger partial charge is 0.0493 e. The van der Waals surface area contributed by atoms with E-state index in [4.69, 9.17) is 11.6 Å². The van der Waals surface area contributed by atoms with Crippen LogP contribution in [0.2, 0.25) is 5.02 Å². The van der Waals surface area contributed by atoms with Crippen LogP contribution in [-0.4, -0.2) is 16.3 Å². The number of aliphatic hydroxyl groups excluding tert-OH is 1. The van der Waals surface area contributed by atoms with Gasteiger partial charge < -0.3 is 9.67 Å². The average molecular weight is 362 g/mol. The zero-order valence-electron chi connectivity index (χ0n) is 14.6. The zero-order chi connectivity index (χ0) is 18.1. The Morgan fingerprint density at radius 3 is 1.96 bits per heavy atom. The molecule has 0 unspecified atom stereocenters. The van der Waals surface area contributed by atoms with Gasteiger partial charge in [-0.1, -0.05) is 72.3 Å². The van der Waals surface area contributed by atoms with Gasteiger partial charge in [-0.2, -0.15) is 0 Å². The van der Waals surface area contributed by atoms with Crippen molar-refractivity contribution in [3.8, 4) is 22.3 Å². The molecular weight excluding hydrogens is 342 g/mol. The number of aromatic nitrogens is 1. The van der Waals surface area contributed by atoms with Crippen molar-refractivity contribution >= 4 is 22.5 Å². The molecule has 4 rings (SSSR count). The molecule has 3 heteroatoms. The van der Waals surface area contributed by atoms with Gasteiger partial charge in [-0.15, -0.1) is 0 Å². The standard InChI is InChI=1S/C23H20ClNO/c1-25-19-13-12-18(24)21(16-8-4-2-5-9-16)23(19)22(20(25)14-15-26)17-10-6-3-7-11-17/h2-13,26H,14-15H2,1H3. The van der Waals surface area contributed by atoms with E-state index in [1.165, 1.54) is 0 Å². The summed E-state index contributed by atoms with van der Waals surface area (Å²) in [5.74, 6) is 0. The fourth-order valence-corrected chi connectivity index (χ4v) is 4.02. The second-order valence-corrected chi connectivity index (χ2v) is 6.81. The predicted molar refractivity (Wildman–Crippen MR) is 110 cm³/mol. The molecule has 0 saturated heterocycles. The Labute approximate surface area is 158 Å². The van der Waals surface area contributed by atoms with Crippen LogP contribution < -0.4 is 0 Å². The van der Waals surface area contributed by atoms with Crippen LogP contribution in [-0.2, 0) is 13.5 Å². The minimum Gasteiger partial charge on any atom is -0.396 e. The highest BCUT2D eigenvalue weighted by Gasteiger charge is 2.21. The van der Waals surface area contributed by atoms with Gasteiger partial charge in [0, 0.05) is 52.8 Å². The van der Waals surface area contributed by atoms with Crippen LogP contribution in [0.1, 0.15) is 5.69 Å². The summed E-state index contributed by atoms with van der Waals surface area (Å²) >= 11 is 6.68. The van der Waals surface area contributed by atoms with E-state index >= 15 is 0 Å². The lowest BCUT2D eigenvalue weighted by Crippen LogP contribution is -2.00. The summed E-state index contributed by atoms with van der Waals surface area (Å²) in [5.41, 5.74) is 6.67. The Kier molecular flexibility index (Phi) is 4.54. The van der Waals surface area contributed by atoms with Crippen LogP contribution in [0.15, 0.2) is 72.8 Å². The molecule has 1 N–H and O–H groups in total. The van der Waals surface area contributed by atoms with Gasteiger partial charge in [0.05, 0.1) is 0 Å². The molecular formula is C23H20ClNO. The first kappa shape index (κ1) is 16.9. The van der Waals surface area contributed by atoms with Gasteiger partial charge >= 0.3 is 0 Å². The summed E-state index contributed by atoms with van der Waals surface area (Å²) in [6, 6.07) is 24.6. The Morgan fingerprint density at radius 1 is 0.808 bits per heavy atom. The molecule has 1 aromatic heterocycles. The predicted octanol–water partition coefficient (Wildman–Crippen LogP) is 5.70. The topological polar surface area (TPSA) is 25.2 Å². The summed E-state index contributed by atoms with van der Waals surface area (Å²) in [6.07, 6.45) is 0.598. The Balaban J connectivity index is 2.16. The molecule has 1 heterocycles. The minimum atomic E-state index is 0.110. The van der Waals surface area contributed by atoms with Crippen molar-refractivity contribution in [2.24, 2.45) is 7.05 Å². The monoisotopic (exact) mass is 361 g/mol. The van der Waals surface area contributed by atoms with Gasteiger partial charge in [-0.3, -0.25) is 0 Å². The van der Waals surface area contributed by atoms with Crippen LogP contribution in [0, 0.1) is 0 Å². The first-order valence-corrected chi connectivity index (χ1v) is 9.11. The maximum atomic E-state index is 9.64. The summed E-state index contributed by atoms with van der Waals surface area (Å²) in [7, 11) is 2.06. The van der Waals surface area contributed by atoms with Crippen LogP contribution in [0.25, 0.3) is 33.2 Å². The fraction of sp³-hybridized carbons (Fsp3) is 0.130. The molecule has 0 spiro atoms. The van der Waals surface area contributed by atoms with Gasteiger partial charge in [0.25, 0.3) is 0 Å². The first-order valence-electron chi connectivity index (χ1n) is 8.74. The Morgan fingerprint density at radius 2 is 1.38 bits per heavy atom. The largest absolute Gasteiger partial charge is 0.396 e. The summed E-state index contributed by atoms with van der Waals surface area (Å²) < 4.78 is 2.18. The third-order valence-electron chi connectivity index (χ3n) is 4.91. The number of nitrogens with zero attached hydrogens (tertiary/aromatic N) is 1. The van der Waals surface area contributed by atoms with Gasteiger partial charge in [0.15, 0.2) is 0 Å². The molecule has 0 aliphatic carbocycles. The number of rotatable bonds is 4. The van der Waals surface area contributed by atoms with Crippen LogP contribution in [0.3, 0.4) is 0 Å². The van der Waals surface area contributed by atoms with Gasteiger partial charge in [0.1, 0.15) is 0 Å². The van der Waals surface area contributed by atoms with E-state index < -0.39 is 0 Å².